The van der Waals surface area contributed by atoms with Crippen molar-refractivity contribution in [3.8, 4) is 0 Å². The lowest BCUT2D eigenvalue weighted by Crippen LogP contribution is -2.46. The van der Waals surface area contributed by atoms with Crippen LogP contribution in [0.2, 0.25) is 0 Å². The molecule has 1 aromatic carbocycles. The monoisotopic (exact) mass is 237 g/mol. The Labute approximate surface area is 101 Å². The average molecular weight is 237 g/mol. The summed E-state index contributed by atoms with van der Waals surface area (Å²) in [7, 11) is 0. The highest BCUT2D eigenvalue weighted by atomic mass is 32.1. The van der Waals surface area contributed by atoms with Crippen LogP contribution >= 0.6 is 12.8 Å². The first kappa shape index (κ1) is 11.3. The summed E-state index contributed by atoms with van der Waals surface area (Å²) < 4.78 is 2.74. The van der Waals surface area contributed by atoms with Crippen LogP contribution < -0.4 is 10.0 Å². The fourth-order valence-electron chi connectivity index (χ4n) is 1.77. The van der Waals surface area contributed by atoms with Gasteiger partial charge in [0.15, 0.2) is 0 Å². The number of thiol groups is 1. The van der Waals surface area contributed by atoms with Gasteiger partial charge in [0.25, 0.3) is 5.91 Å². The van der Waals surface area contributed by atoms with Gasteiger partial charge in [0, 0.05) is 37.4 Å². The first-order chi connectivity index (χ1) is 7.81. The fourth-order valence-corrected chi connectivity index (χ4v) is 1.91. The Morgan fingerprint density at radius 3 is 2.81 bits per heavy atom. The summed E-state index contributed by atoms with van der Waals surface area (Å²) in [4.78, 5) is 14.0. The third kappa shape index (κ3) is 2.48. The molecule has 16 heavy (non-hydrogen) atoms. The summed E-state index contributed by atoms with van der Waals surface area (Å²) in [6, 6.07) is 7.38. The number of amides is 1. The molecule has 0 atom stereocenters. The molecule has 0 radical (unpaired) electrons. The lowest BCUT2D eigenvalue weighted by Gasteiger charge is -2.27. The van der Waals surface area contributed by atoms with Gasteiger partial charge in [0.05, 0.1) is 0 Å². The van der Waals surface area contributed by atoms with Gasteiger partial charge in [-0.3, -0.25) is 4.79 Å². The molecule has 1 amide bonds. The molecule has 4 nitrogen and oxygen atoms in total. The lowest BCUT2D eigenvalue weighted by atomic mass is 10.1. The van der Waals surface area contributed by atoms with E-state index in [1.54, 1.807) is 0 Å². The summed E-state index contributed by atoms with van der Waals surface area (Å²) >= 11 is 3.97. The summed E-state index contributed by atoms with van der Waals surface area (Å²) in [6.07, 6.45) is 0. The van der Waals surface area contributed by atoms with Crippen molar-refractivity contribution < 1.29 is 4.79 Å². The van der Waals surface area contributed by atoms with E-state index in [2.05, 4.69) is 22.9 Å². The van der Waals surface area contributed by atoms with Crippen molar-refractivity contribution in [2.75, 3.05) is 30.9 Å². The van der Waals surface area contributed by atoms with Crippen LogP contribution in [0, 0.1) is 0 Å². The maximum atomic E-state index is 12.1. The Kier molecular flexibility index (Phi) is 3.69. The van der Waals surface area contributed by atoms with Crippen LogP contribution in [0.25, 0.3) is 0 Å². The number of anilines is 1. The zero-order valence-electron chi connectivity index (χ0n) is 8.94. The summed E-state index contributed by atoms with van der Waals surface area (Å²) in [5.41, 5.74) is 1.55. The number of nitrogens with one attached hydrogen (secondary N) is 2. The van der Waals surface area contributed by atoms with E-state index in [0.29, 0.717) is 5.56 Å². The molecular weight excluding hydrogens is 222 g/mol. The Hall–Kier alpha value is -1.20. The zero-order chi connectivity index (χ0) is 11.4. The molecule has 1 aromatic rings. The van der Waals surface area contributed by atoms with Crippen molar-refractivity contribution >= 4 is 24.4 Å². The van der Waals surface area contributed by atoms with Crippen molar-refractivity contribution in [2.24, 2.45) is 0 Å². The Bertz CT molecular complexity index is 377. The molecule has 5 heteroatoms. The second kappa shape index (κ2) is 5.23. The van der Waals surface area contributed by atoms with Crippen molar-refractivity contribution in [1.82, 2.24) is 10.2 Å². The van der Waals surface area contributed by atoms with E-state index >= 15 is 0 Å². The van der Waals surface area contributed by atoms with Crippen molar-refractivity contribution in [2.45, 2.75) is 0 Å². The molecule has 2 N–H and O–H groups in total. The molecule has 0 aromatic heterocycles. The third-order valence-electron chi connectivity index (χ3n) is 2.64. The topological polar surface area (TPSA) is 44.4 Å². The fraction of sp³-hybridized carbons (Fsp3) is 0.364. The minimum Gasteiger partial charge on any atom is -0.336 e. The van der Waals surface area contributed by atoms with Gasteiger partial charge in [-0.05, 0) is 18.2 Å². The number of nitrogens with zero attached hydrogens (tertiary/aromatic N) is 1. The SMILES string of the molecule is O=C(c1cccc(NS)c1)N1CCNCC1. The first-order valence-corrected chi connectivity index (χ1v) is 5.76. The Balaban J connectivity index is 2.12. The van der Waals surface area contributed by atoms with Crippen LogP contribution in [-0.2, 0) is 0 Å². The standard InChI is InChI=1S/C11H15N3OS/c15-11(14-6-4-12-5-7-14)9-2-1-3-10(8-9)13-16/h1-3,8,12-13,16H,4-7H2. The molecule has 1 heterocycles. The molecule has 2 rings (SSSR count). The van der Waals surface area contributed by atoms with Gasteiger partial charge in [-0.1, -0.05) is 18.9 Å². The molecule has 0 spiro atoms. The minimum absolute atomic E-state index is 0.0898. The highest BCUT2D eigenvalue weighted by Gasteiger charge is 2.17. The second-order valence-electron chi connectivity index (χ2n) is 3.73. The van der Waals surface area contributed by atoms with E-state index in [-0.39, 0.29) is 5.91 Å². The molecule has 1 aliphatic heterocycles. The van der Waals surface area contributed by atoms with Gasteiger partial charge < -0.3 is 14.9 Å². The highest BCUT2D eigenvalue weighted by Crippen LogP contribution is 2.13. The van der Waals surface area contributed by atoms with E-state index in [9.17, 15) is 4.79 Å². The Morgan fingerprint density at radius 2 is 2.12 bits per heavy atom. The van der Waals surface area contributed by atoms with Crippen molar-refractivity contribution in [3.63, 3.8) is 0 Å². The van der Waals surface area contributed by atoms with E-state index in [1.165, 1.54) is 0 Å². The minimum atomic E-state index is 0.0898. The maximum Gasteiger partial charge on any atom is 0.254 e. The Morgan fingerprint density at radius 1 is 1.38 bits per heavy atom. The molecule has 0 unspecified atom stereocenters. The quantitative estimate of drug-likeness (QED) is 0.672. The van der Waals surface area contributed by atoms with Crippen LogP contribution in [-0.4, -0.2) is 37.0 Å². The number of hydrogen-bond donors (Lipinski definition) is 3. The van der Waals surface area contributed by atoms with Crippen molar-refractivity contribution in [3.05, 3.63) is 29.8 Å². The van der Waals surface area contributed by atoms with Gasteiger partial charge >= 0.3 is 0 Å². The normalized spacial score (nSPS) is 15.9. The number of piperazine rings is 1. The number of rotatable bonds is 2. The molecule has 0 aliphatic carbocycles. The van der Waals surface area contributed by atoms with Gasteiger partial charge in [-0.25, -0.2) is 0 Å². The number of carbonyl (C=O) groups excluding carboxylic acids is 1. The average Bonchev–Trinajstić information content (AvgIpc) is 2.39. The predicted octanol–water partition coefficient (Wildman–Crippen LogP) is 0.989. The lowest BCUT2D eigenvalue weighted by molar-refractivity contribution is 0.0736. The van der Waals surface area contributed by atoms with Crippen molar-refractivity contribution in [1.29, 1.82) is 0 Å². The molecule has 86 valence electrons. The van der Waals surface area contributed by atoms with Crippen LogP contribution in [0.1, 0.15) is 10.4 Å². The zero-order valence-corrected chi connectivity index (χ0v) is 9.83. The van der Waals surface area contributed by atoms with Crippen LogP contribution in [0.3, 0.4) is 0 Å². The van der Waals surface area contributed by atoms with Crippen LogP contribution in [0.5, 0.6) is 0 Å². The third-order valence-corrected chi connectivity index (χ3v) is 2.90. The molecule has 0 bridgehead atoms. The van der Waals surface area contributed by atoms with E-state index < -0.39 is 0 Å². The summed E-state index contributed by atoms with van der Waals surface area (Å²) in [6.45, 7) is 3.29. The van der Waals surface area contributed by atoms with Crippen LogP contribution in [0.4, 0.5) is 5.69 Å². The maximum absolute atomic E-state index is 12.1. The molecule has 1 fully saturated rings. The number of hydrogen-bond acceptors (Lipinski definition) is 4. The summed E-state index contributed by atoms with van der Waals surface area (Å²) in [5.74, 6) is 0.0898. The number of carbonyl (C=O) groups is 1. The number of benzene rings is 1. The van der Waals surface area contributed by atoms with Crippen LogP contribution in [0.15, 0.2) is 24.3 Å². The second-order valence-corrected chi connectivity index (χ2v) is 3.96. The van der Waals surface area contributed by atoms with Gasteiger partial charge in [-0.15, -0.1) is 0 Å². The smallest absolute Gasteiger partial charge is 0.254 e. The largest absolute Gasteiger partial charge is 0.336 e. The van der Waals surface area contributed by atoms with E-state index in [4.69, 9.17) is 0 Å². The molecule has 1 aliphatic rings. The summed E-state index contributed by atoms with van der Waals surface area (Å²) in [5, 5.41) is 3.23. The van der Waals surface area contributed by atoms with E-state index in [1.807, 2.05) is 29.2 Å². The molecule has 1 saturated heterocycles. The molecule has 0 saturated carbocycles. The predicted molar refractivity (Wildman–Crippen MR) is 67.8 cm³/mol. The van der Waals surface area contributed by atoms with Gasteiger partial charge in [-0.2, -0.15) is 0 Å². The first-order valence-electron chi connectivity index (χ1n) is 5.31. The van der Waals surface area contributed by atoms with Gasteiger partial charge in [0.1, 0.15) is 0 Å². The highest BCUT2D eigenvalue weighted by molar-refractivity contribution is 7.81. The van der Waals surface area contributed by atoms with E-state index in [0.717, 1.165) is 31.9 Å². The van der Waals surface area contributed by atoms with Gasteiger partial charge in [0.2, 0.25) is 0 Å². The molecular formula is C11H15N3OS.